The molecule has 7 heteroatoms. The lowest BCUT2D eigenvalue weighted by atomic mass is 9.92. The van der Waals surface area contributed by atoms with Crippen LogP contribution in [0, 0.1) is 0 Å². The van der Waals surface area contributed by atoms with E-state index in [1.54, 1.807) is 13.2 Å². The highest BCUT2D eigenvalue weighted by Crippen LogP contribution is 2.37. The number of aromatic hydroxyl groups is 1. The Labute approximate surface area is 143 Å². The molecule has 2 atom stereocenters. The minimum atomic E-state index is -0.477. The number of aliphatic hydroxyl groups is 2. The molecule has 6 nitrogen and oxygen atoms in total. The van der Waals surface area contributed by atoms with Crippen molar-refractivity contribution >= 4 is 12.4 Å². The molecule has 23 heavy (non-hydrogen) atoms. The van der Waals surface area contributed by atoms with Gasteiger partial charge >= 0.3 is 0 Å². The lowest BCUT2D eigenvalue weighted by Crippen LogP contribution is -2.42. The molecule has 1 unspecified atom stereocenters. The van der Waals surface area contributed by atoms with E-state index in [2.05, 4.69) is 17.1 Å². The number of nitrogens with zero attached hydrogens (tertiary/aromatic N) is 1. The Morgan fingerprint density at radius 3 is 2.83 bits per heavy atom. The second-order valence-electron chi connectivity index (χ2n) is 5.73. The minimum Gasteiger partial charge on any atom is -0.504 e. The molecule has 0 spiro atoms. The number of ether oxygens (including phenoxy) is 1. The summed E-state index contributed by atoms with van der Waals surface area (Å²) in [5.41, 5.74) is 2.27. The van der Waals surface area contributed by atoms with Crippen LogP contribution < -0.4 is 10.1 Å². The molecule has 1 aliphatic rings. The lowest BCUT2D eigenvalue weighted by Gasteiger charge is -2.36. The van der Waals surface area contributed by atoms with Crippen molar-refractivity contribution in [1.82, 2.24) is 10.2 Å². The molecule has 4 N–H and O–H groups in total. The fourth-order valence-electron chi connectivity index (χ4n) is 2.98. The van der Waals surface area contributed by atoms with Gasteiger partial charge in [0.05, 0.1) is 19.8 Å². The Morgan fingerprint density at radius 2 is 2.17 bits per heavy atom. The van der Waals surface area contributed by atoms with Crippen molar-refractivity contribution in [3.8, 4) is 11.5 Å². The van der Waals surface area contributed by atoms with E-state index in [0.29, 0.717) is 25.4 Å². The standard InChI is InChI=1S/C16H26N2O4.ClH/c1-11-14-8-16(22-2)15(21)7-12(14)3-5-18(11)10-13(20)9-17-4-6-19;/h7-8,11,13,17,19-21H,3-6,9-10H2,1-2H3;1H/t11-,13?;/m1./s1. The maximum atomic E-state index is 10.1. The van der Waals surface area contributed by atoms with Crippen LogP contribution >= 0.6 is 12.4 Å². The molecule has 0 radical (unpaired) electrons. The molecule has 132 valence electrons. The second-order valence-corrected chi connectivity index (χ2v) is 5.73. The number of methoxy groups -OCH3 is 1. The minimum absolute atomic E-state index is 0. The Morgan fingerprint density at radius 1 is 1.43 bits per heavy atom. The van der Waals surface area contributed by atoms with Crippen molar-refractivity contribution < 1.29 is 20.1 Å². The lowest BCUT2D eigenvalue weighted by molar-refractivity contribution is 0.0850. The second kappa shape index (κ2) is 9.30. The van der Waals surface area contributed by atoms with E-state index in [4.69, 9.17) is 9.84 Å². The summed E-state index contributed by atoms with van der Waals surface area (Å²) in [5.74, 6) is 0.660. The molecule has 1 aromatic carbocycles. The van der Waals surface area contributed by atoms with Crippen molar-refractivity contribution in [2.75, 3.05) is 39.9 Å². The Balaban J connectivity index is 0.00000264. The average Bonchev–Trinajstić information content (AvgIpc) is 2.50. The van der Waals surface area contributed by atoms with E-state index in [1.165, 1.54) is 0 Å². The predicted octanol–water partition coefficient (Wildman–Crippen LogP) is 0.684. The number of phenols is 1. The molecule has 1 heterocycles. The van der Waals surface area contributed by atoms with E-state index >= 15 is 0 Å². The van der Waals surface area contributed by atoms with Crippen LogP contribution in [0.25, 0.3) is 0 Å². The zero-order valence-corrected chi connectivity index (χ0v) is 14.5. The molecule has 0 bridgehead atoms. The first-order valence-electron chi connectivity index (χ1n) is 7.70. The van der Waals surface area contributed by atoms with Gasteiger partial charge in [0, 0.05) is 32.2 Å². The van der Waals surface area contributed by atoms with E-state index in [1.807, 2.05) is 6.07 Å². The van der Waals surface area contributed by atoms with Gasteiger partial charge < -0.3 is 25.4 Å². The third-order valence-corrected chi connectivity index (χ3v) is 4.22. The average molecular weight is 347 g/mol. The molecule has 0 saturated carbocycles. The quantitative estimate of drug-likeness (QED) is 0.543. The van der Waals surface area contributed by atoms with Gasteiger partial charge in [0.1, 0.15) is 0 Å². The maximum Gasteiger partial charge on any atom is 0.160 e. The first kappa shape index (κ1) is 20.0. The number of phenolic OH excluding ortho intramolecular Hbond substituents is 1. The fourth-order valence-corrected chi connectivity index (χ4v) is 2.98. The van der Waals surface area contributed by atoms with Gasteiger partial charge in [0.2, 0.25) is 0 Å². The van der Waals surface area contributed by atoms with Crippen LogP contribution in [-0.2, 0) is 6.42 Å². The van der Waals surface area contributed by atoms with Gasteiger partial charge in [0.15, 0.2) is 11.5 Å². The normalized spacial score (nSPS) is 18.9. The van der Waals surface area contributed by atoms with Crippen molar-refractivity contribution in [3.63, 3.8) is 0 Å². The molecule has 0 fully saturated rings. The molecule has 0 saturated heterocycles. The van der Waals surface area contributed by atoms with Gasteiger partial charge in [-0.1, -0.05) is 0 Å². The van der Waals surface area contributed by atoms with Crippen molar-refractivity contribution in [2.45, 2.75) is 25.5 Å². The highest BCUT2D eigenvalue weighted by atomic mass is 35.5. The maximum absolute atomic E-state index is 10.1. The molecule has 1 aromatic rings. The van der Waals surface area contributed by atoms with Gasteiger partial charge in [0.25, 0.3) is 0 Å². The summed E-state index contributed by atoms with van der Waals surface area (Å²) in [6, 6.07) is 3.82. The van der Waals surface area contributed by atoms with Crippen LogP contribution in [0.5, 0.6) is 11.5 Å². The fraction of sp³-hybridized carbons (Fsp3) is 0.625. The topological polar surface area (TPSA) is 85.2 Å². The number of fused-ring (bicyclic) bond motifs is 1. The van der Waals surface area contributed by atoms with E-state index in [0.717, 1.165) is 24.1 Å². The summed E-state index contributed by atoms with van der Waals surface area (Å²) in [4.78, 5) is 2.23. The summed E-state index contributed by atoms with van der Waals surface area (Å²) in [6.45, 7) is 4.55. The highest BCUT2D eigenvalue weighted by molar-refractivity contribution is 5.85. The first-order chi connectivity index (χ1) is 10.6. The Bertz CT molecular complexity index is 501. The van der Waals surface area contributed by atoms with Gasteiger partial charge in [-0.15, -0.1) is 12.4 Å². The number of benzene rings is 1. The summed E-state index contributed by atoms with van der Waals surface area (Å²) in [5, 5.41) is 31.7. The molecule has 2 rings (SSSR count). The zero-order chi connectivity index (χ0) is 16.1. The molecular weight excluding hydrogens is 320 g/mol. The third-order valence-electron chi connectivity index (χ3n) is 4.22. The van der Waals surface area contributed by atoms with Crippen molar-refractivity contribution in [1.29, 1.82) is 0 Å². The largest absolute Gasteiger partial charge is 0.504 e. The number of hydrogen-bond acceptors (Lipinski definition) is 6. The summed E-state index contributed by atoms with van der Waals surface area (Å²) in [6.07, 6.45) is 0.364. The van der Waals surface area contributed by atoms with Crippen LogP contribution in [-0.4, -0.2) is 66.2 Å². The smallest absolute Gasteiger partial charge is 0.160 e. The van der Waals surface area contributed by atoms with Gasteiger partial charge in [-0.2, -0.15) is 0 Å². The van der Waals surface area contributed by atoms with Crippen molar-refractivity contribution in [2.24, 2.45) is 0 Å². The van der Waals surface area contributed by atoms with Crippen LogP contribution in [0.15, 0.2) is 12.1 Å². The zero-order valence-electron chi connectivity index (χ0n) is 13.7. The van der Waals surface area contributed by atoms with Gasteiger partial charge in [-0.05, 0) is 36.6 Å². The predicted molar refractivity (Wildman–Crippen MR) is 91.6 cm³/mol. The van der Waals surface area contributed by atoms with Crippen LogP contribution in [0.3, 0.4) is 0 Å². The molecule has 0 aliphatic carbocycles. The number of β-amino-alcohol motifs (C(OH)–C–C–N with tert-alkyl or cyclic N) is 1. The monoisotopic (exact) mass is 346 g/mol. The number of rotatable bonds is 7. The summed E-state index contributed by atoms with van der Waals surface area (Å²) < 4.78 is 5.19. The third kappa shape index (κ3) is 4.96. The summed E-state index contributed by atoms with van der Waals surface area (Å²) >= 11 is 0. The SMILES string of the molecule is COc1cc2c(cc1O)CCN(CC(O)CNCCO)[C@@H]2C.Cl. The number of nitrogens with one attached hydrogen (secondary N) is 1. The highest BCUT2D eigenvalue weighted by Gasteiger charge is 2.26. The molecule has 1 aliphatic heterocycles. The summed E-state index contributed by atoms with van der Waals surface area (Å²) in [7, 11) is 1.54. The Hall–Kier alpha value is -1.05. The molecular formula is C16H27ClN2O4. The van der Waals surface area contributed by atoms with Gasteiger partial charge in [-0.25, -0.2) is 0 Å². The van der Waals surface area contributed by atoms with Crippen LogP contribution in [0.1, 0.15) is 24.1 Å². The van der Waals surface area contributed by atoms with E-state index in [9.17, 15) is 10.2 Å². The van der Waals surface area contributed by atoms with Crippen LogP contribution in [0.2, 0.25) is 0 Å². The van der Waals surface area contributed by atoms with Gasteiger partial charge in [-0.3, -0.25) is 4.90 Å². The number of hydrogen-bond donors (Lipinski definition) is 4. The first-order valence-corrected chi connectivity index (χ1v) is 7.70. The van der Waals surface area contributed by atoms with E-state index < -0.39 is 6.10 Å². The number of aliphatic hydroxyl groups excluding tert-OH is 2. The van der Waals surface area contributed by atoms with Crippen LogP contribution in [0.4, 0.5) is 0 Å². The number of halogens is 1. The Kier molecular flexibility index (Phi) is 8.08. The van der Waals surface area contributed by atoms with Crippen molar-refractivity contribution in [3.05, 3.63) is 23.3 Å². The van der Waals surface area contributed by atoms with E-state index in [-0.39, 0.29) is 30.8 Å². The molecule has 0 amide bonds. The molecule has 0 aromatic heterocycles.